The highest BCUT2D eigenvalue weighted by Gasteiger charge is 2.46. The smallest absolute Gasteiger partial charge is 0.322 e. The van der Waals surface area contributed by atoms with Gasteiger partial charge in [0.1, 0.15) is 5.54 Å². The number of ether oxygens (including phenoxy) is 1. The van der Waals surface area contributed by atoms with Gasteiger partial charge in [-0.15, -0.1) is 0 Å². The number of hydrogen-bond acceptors (Lipinski definition) is 4. The Morgan fingerprint density at radius 3 is 2.76 bits per heavy atom. The second-order valence-corrected chi connectivity index (χ2v) is 9.16. The van der Waals surface area contributed by atoms with Crippen LogP contribution in [-0.2, 0) is 21.6 Å². The topological polar surface area (TPSA) is 99.8 Å². The summed E-state index contributed by atoms with van der Waals surface area (Å²) in [5.74, 6) is 0.165. The van der Waals surface area contributed by atoms with Crippen molar-refractivity contribution in [3.05, 3.63) is 71.3 Å². The number of nitrogens with one attached hydrogen (secondary N) is 3. The quantitative estimate of drug-likeness (QED) is 0.626. The second kappa shape index (κ2) is 8.51. The molecule has 0 bridgehead atoms. The summed E-state index contributed by atoms with van der Waals surface area (Å²) < 4.78 is 5.76. The molecule has 3 aliphatic rings. The number of rotatable bonds is 4. The van der Waals surface area contributed by atoms with Crippen molar-refractivity contribution in [2.24, 2.45) is 5.92 Å². The molecule has 8 heteroatoms. The van der Waals surface area contributed by atoms with Crippen molar-refractivity contribution in [2.75, 3.05) is 19.8 Å². The average Bonchev–Trinajstić information content (AvgIpc) is 3.35. The van der Waals surface area contributed by atoms with E-state index in [2.05, 4.69) is 28.1 Å². The molecule has 3 N–H and O–H groups in total. The average molecular weight is 449 g/mol. The monoisotopic (exact) mass is 448 g/mol. The number of urea groups is 2. The van der Waals surface area contributed by atoms with Gasteiger partial charge in [0.05, 0.1) is 6.61 Å². The zero-order valence-electron chi connectivity index (χ0n) is 18.5. The van der Waals surface area contributed by atoms with Gasteiger partial charge in [-0.05, 0) is 30.0 Å². The zero-order valence-corrected chi connectivity index (χ0v) is 18.5. The number of nitrogens with zero attached hydrogens (tertiary/aromatic N) is 1. The third-order valence-corrected chi connectivity index (χ3v) is 7.15. The van der Waals surface area contributed by atoms with Gasteiger partial charge in [0.25, 0.3) is 5.91 Å². The van der Waals surface area contributed by atoms with Gasteiger partial charge in [0, 0.05) is 37.6 Å². The number of carbonyl (C=O) groups is 3. The van der Waals surface area contributed by atoms with Crippen LogP contribution in [0.1, 0.15) is 36.0 Å². The molecule has 0 aromatic heterocycles. The molecule has 8 nitrogen and oxygen atoms in total. The summed E-state index contributed by atoms with van der Waals surface area (Å²) in [5.41, 5.74) is 1.65. The largest absolute Gasteiger partial charge is 0.381 e. The maximum absolute atomic E-state index is 13.2. The Morgan fingerprint density at radius 1 is 1.18 bits per heavy atom. The number of benzene rings is 2. The van der Waals surface area contributed by atoms with Crippen molar-refractivity contribution in [3.63, 3.8) is 0 Å². The summed E-state index contributed by atoms with van der Waals surface area (Å²) in [5, 5.41) is 8.01. The van der Waals surface area contributed by atoms with E-state index < -0.39 is 11.6 Å². The van der Waals surface area contributed by atoms with Crippen LogP contribution in [-0.4, -0.2) is 48.7 Å². The van der Waals surface area contributed by atoms with Crippen molar-refractivity contribution in [1.82, 2.24) is 20.9 Å². The summed E-state index contributed by atoms with van der Waals surface area (Å²) in [4.78, 5) is 39.0. The molecule has 4 atom stereocenters. The highest BCUT2D eigenvalue weighted by atomic mass is 16.5. The van der Waals surface area contributed by atoms with Gasteiger partial charge in [0.2, 0.25) is 0 Å². The van der Waals surface area contributed by atoms with Crippen molar-refractivity contribution in [1.29, 1.82) is 0 Å². The van der Waals surface area contributed by atoms with Gasteiger partial charge in [-0.2, -0.15) is 0 Å². The Bertz CT molecular complexity index is 1080. The van der Waals surface area contributed by atoms with Crippen LogP contribution in [0.3, 0.4) is 0 Å². The number of imide groups is 1. The van der Waals surface area contributed by atoms with Gasteiger partial charge < -0.3 is 20.3 Å². The number of fused-ring (bicyclic) bond motifs is 1. The lowest BCUT2D eigenvalue weighted by atomic mass is 9.84. The fourth-order valence-electron chi connectivity index (χ4n) is 5.31. The van der Waals surface area contributed by atoms with Crippen LogP contribution in [0.15, 0.2) is 54.6 Å². The van der Waals surface area contributed by atoms with Gasteiger partial charge in [-0.3, -0.25) is 10.1 Å². The Morgan fingerprint density at radius 2 is 2.00 bits per heavy atom. The molecule has 3 aliphatic heterocycles. The van der Waals surface area contributed by atoms with E-state index in [1.165, 1.54) is 5.56 Å². The van der Waals surface area contributed by atoms with Crippen molar-refractivity contribution >= 4 is 18.0 Å². The molecule has 5 amide bonds. The normalized spacial score (nSPS) is 28.8. The van der Waals surface area contributed by atoms with Gasteiger partial charge in [-0.25, -0.2) is 9.59 Å². The van der Waals surface area contributed by atoms with E-state index in [1.54, 1.807) is 13.0 Å². The van der Waals surface area contributed by atoms with Crippen LogP contribution in [0, 0.1) is 5.92 Å². The minimum Gasteiger partial charge on any atom is -0.381 e. The molecule has 33 heavy (non-hydrogen) atoms. The lowest BCUT2D eigenvalue weighted by molar-refractivity contribution is -0.123. The van der Waals surface area contributed by atoms with Crippen LogP contribution in [0.5, 0.6) is 0 Å². The predicted octanol–water partition coefficient (Wildman–Crippen LogP) is 2.46. The molecule has 0 aliphatic carbocycles. The first-order valence-corrected chi connectivity index (χ1v) is 11.4. The first-order valence-electron chi connectivity index (χ1n) is 11.4. The van der Waals surface area contributed by atoms with Crippen molar-refractivity contribution in [3.8, 4) is 0 Å². The third kappa shape index (κ3) is 3.95. The first-order chi connectivity index (χ1) is 16.0. The van der Waals surface area contributed by atoms with E-state index in [9.17, 15) is 14.4 Å². The Balaban J connectivity index is 1.28. The molecule has 3 saturated heterocycles. The van der Waals surface area contributed by atoms with E-state index in [4.69, 9.17) is 4.74 Å². The minimum absolute atomic E-state index is 0.0890. The lowest BCUT2D eigenvalue weighted by Gasteiger charge is -2.32. The lowest BCUT2D eigenvalue weighted by Crippen LogP contribution is -2.46. The van der Waals surface area contributed by atoms with Crippen molar-refractivity contribution in [2.45, 2.75) is 37.4 Å². The second-order valence-electron chi connectivity index (χ2n) is 9.16. The molecule has 5 rings (SSSR count). The molecular formula is C25H28N4O4. The van der Waals surface area contributed by atoms with Crippen LogP contribution in [0.25, 0.3) is 0 Å². The summed E-state index contributed by atoms with van der Waals surface area (Å²) in [6.07, 6.45) is 0.837. The Labute approximate surface area is 192 Å². The fraction of sp³-hybridized carbons (Fsp3) is 0.400. The summed E-state index contributed by atoms with van der Waals surface area (Å²) in [7, 11) is 0. The molecule has 2 aromatic rings. The van der Waals surface area contributed by atoms with Crippen LogP contribution in [0.4, 0.5) is 9.59 Å². The van der Waals surface area contributed by atoms with Gasteiger partial charge in [0.15, 0.2) is 0 Å². The zero-order chi connectivity index (χ0) is 23.0. The summed E-state index contributed by atoms with van der Waals surface area (Å²) in [6, 6.07) is 17.3. The van der Waals surface area contributed by atoms with E-state index in [-0.39, 0.29) is 23.9 Å². The predicted molar refractivity (Wildman–Crippen MR) is 121 cm³/mol. The first kappa shape index (κ1) is 21.5. The highest BCUT2D eigenvalue weighted by molar-refractivity contribution is 6.07. The SMILES string of the molecule is CC1(c2cccc(CNC(=O)N3CC(c4ccccc4)C4COCCC43)c2)NC(=O)NC1=O. The highest BCUT2D eigenvalue weighted by Crippen LogP contribution is 2.40. The van der Waals surface area contributed by atoms with Gasteiger partial charge in [-0.1, -0.05) is 54.6 Å². The van der Waals surface area contributed by atoms with Crippen LogP contribution < -0.4 is 16.0 Å². The third-order valence-electron chi connectivity index (χ3n) is 7.15. The summed E-state index contributed by atoms with van der Waals surface area (Å²) in [6.45, 7) is 4.00. The Hall–Kier alpha value is -3.39. The standard InChI is InChI=1S/C25H28N4O4/c1-25(22(30)27-23(31)28-25)18-9-5-6-16(12-18)13-26-24(32)29-14-19(17-7-3-2-4-8-17)20-15-33-11-10-21(20)29/h2-9,12,19-21H,10-11,13-15H2,1H3,(H,26,32)(H2,27,28,30,31). The molecule has 0 spiro atoms. The van der Waals surface area contributed by atoms with Crippen LogP contribution >= 0.6 is 0 Å². The van der Waals surface area contributed by atoms with Crippen LogP contribution in [0.2, 0.25) is 0 Å². The van der Waals surface area contributed by atoms with E-state index in [1.807, 2.05) is 41.3 Å². The van der Waals surface area contributed by atoms with E-state index in [0.717, 1.165) is 12.0 Å². The maximum Gasteiger partial charge on any atom is 0.322 e. The number of hydrogen-bond donors (Lipinski definition) is 3. The van der Waals surface area contributed by atoms with Gasteiger partial charge >= 0.3 is 12.1 Å². The molecule has 0 radical (unpaired) electrons. The molecule has 3 heterocycles. The maximum atomic E-state index is 13.2. The molecule has 172 valence electrons. The minimum atomic E-state index is -1.12. The fourth-order valence-corrected chi connectivity index (χ4v) is 5.31. The molecule has 0 saturated carbocycles. The summed E-state index contributed by atoms with van der Waals surface area (Å²) >= 11 is 0. The van der Waals surface area contributed by atoms with E-state index >= 15 is 0 Å². The number of likely N-dealkylation sites (tertiary alicyclic amines) is 1. The number of amides is 5. The number of carbonyl (C=O) groups excluding carboxylic acids is 3. The molecule has 2 aromatic carbocycles. The van der Waals surface area contributed by atoms with E-state index in [0.29, 0.717) is 37.8 Å². The Kier molecular flexibility index (Phi) is 5.54. The van der Waals surface area contributed by atoms with Crippen molar-refractivity contribution < 1.29 is 19.1 Å². The molecule has 3 fully saturated rings. The molecule has 4 unspecified atom stereocenters. The molecular weight excluding hydrogens is 420 g/mol.